The number of benzene rings is 2. The summed E-state index contributed by atoms with van der Waals surface area (Å²) >= 11 is 0. The summed E-state index contributed by atoms with van der Waals surface area (Å²) in [6.07, 6.45) is 4.16. The monoisotopic (exact) mass is 578 g/mol. The predicted molar refractivity (Wildman–Crippen MR) is 150 cm³/mol. The van der Waals surface area contributed by atoms with E-state index in [2.05, 4.69) is 20.6 Å². The molecule has 0 saturated carbocycles. The number of carbonyl (C=O) groups is 4. The summed E-state index contributed by atoms with van der Waals surface area (Å²) in [5.74, 6) is -2.91. The van der Waals surface area contributed by atoms with Crippen molar-refractivity contribution >= 4 is 23.7 Å². The summed E-state index contributed by atoms with van der Waals surface area (Å²) in [6, 6.07) is 7.75. The lowest BCUT2D eigenvalue weighted by molar-refractivity contribution is -0.143. The number of amides is 3. The van der Waals surface area contributed by atoms with Crippen LogP contribution in [0.15, 0.2) is 61.1 Å². The number of carboxylic acids is 1. The number of nitrogens with zero attached hydrogens (tertiary/aromatic N) is 2. The molecule has 1 fully saturated rings. The molecule has 2 aromatic carbocycles. The second-order valence-electron chi connectivity index (χ2n) is 10.3. The Morgan fingerprint density at radius 1 is 0.929 bits per heavy atom. The summed E-state index contributed by atoms with van der Waals surface area (Å²) in [5.41, 5.74) is 8.01. The molecule has 1 aliphatic heterocycles. The van der Waals surface area contributed by atoms with Crippen LogP contribution in [0.5, 0.6) is 11.5 Å². The average Bonchev–Trinajstić information content (AvgIpc) is 3.66. The van der Waals surface area contributed by atoms with Crippen LogP contribution in [-0.2, 0) is 38.4 Å². The van der Waals surface area contributed by atoms with Gasteiger partial charge in [0.25, 0.3) is 0 Å². The first-order chi connectivity index (χ1) is 20.1. The van der Waals surface area contributed by atoms with Gasteiger partial charge in [-0.1, -0.05) is 24.3 Å². The van der Waals surface area contributed by atoms with Crippen molar-refractivity contribution in [3.63, 3.8) is 0 Å². The fourth-order valence-corrected chi connectivity index (χ4v) is 4.92. The second kappa shape index (κ2) is 13.6. The number of aromatic nitrogens is 2. The predicted octanol–water partition coefficient (Wildman–Crippen LogP) is 0.221. The number of hydrogen-bond acceptors (Lipinski definition) is 8. The van der Waals surface area contributed by atoms with Crippen LogP contribution in [0, 0.1) is 0 Å². The molecule has 4 atom stereocenters. The highest BCUT2D eigenvalue weighted by Crippen LogP contribution is 2.20. The van der Waals surface area contributed by atoms with Crippen molar-refractivity contribution in [1.29, 1.82) is 0 Å². The van der Waals surface area contributed by atoms with Crippen LogP contribution in [0.25, 0.3) is 0 Å². The Morgan fingerprint density at radius 2 is 1.52 bits per heavy atom. The number of likely N-dealkylation sites (tertiary alicyclic amines) is 1. The summed E-state index contributed by atoms with van der Waals surface area (Å²) < 4.78 is 0. The van der Waals surface area contributed by atoms with Gasteiger partial charge < -0.3 is 41.6 Å². The second-order valence-corrected chi connectivity index (χ2v) is 10.3. The maximum atomic E-state index is 13.5. The standard InChI is InChI=1S/C29H34N6O7/c30-22(14-19-15-31-16-32-19)28(40)35-11-1-2-25(35)27(39)33-23(12-17-3-7-20(36)8-4-17)26(38)34-24(29(41)42)13-18-5-9-21(37)10-6-18/h3-10,15-16,22-25,36-37H,1-2,11-14,30H2,(H,31,32)(H,33,39)(H,34,38)(H,41,42). The van der Waals surface area contributed by atoms with Gasteiger partial charge in [0.2, 0.25) is 17.7 Å². The molecule has 1 aromatic heterocycles. The minimum atomic E-state index is -1.31. The Balaban J connectivity index is 1.48. The van der Waals surface area contributed by atoms with E-state index >= 15 is 0 Å². The maximum absolute atomic E-state index is 13.5. The molecule has 4 unspecified atom stereocenters. The number of imidazole rings is 1. The van der Waals surface area contributed by atoms with Crippen LogP contribution in [0.4, 0.5) is 0 Å². The van der Waals surface area contributed by atoms with Gasteiger partial charge in [0.15, 0.2) is 0 Å². The normalized spacial score (nSPS) is 16.8. The first-order valence-corrected chi connectivity index (χ1v) is 13.5. The first kappa shape index (κ1) is 30.1. The highest BCUT2D eigenvalue weighted by Gasteiger charge is 2.38. The third-order valence-electron chi connectivity index (χ3n) is 7.15. The number of aromatic amines is 1. The van der Waals surface area contributed by atoms with E-state index in [0.717, 1.165) is 0 Å². The minimum Gasteiger partial charge on any atom is -0.508 e. The van der Waals surface area contributed by atoms with Gasteiger partial charge in [-0.3, -0.25) is 14.4 Å². The van der Waals surface area contributed by atoms with Crippen molar-refractivity contribution in [2.75, 3.05) is 6.54 Å². The summed E-state index contributed by atoms with van der Waals surface area (Å²) in [7, 11) is 0. The van der Waals surface area contributed by atoms with Crippen LogP contribution in [0.2, 0.25) is 0 Å². The van der Waals surface area contributed by atoms with Gasteiger partial charge in [-0.25, -0.2) is 9.78 Å². The molecular formula is C29H34N6O7. The molecule has 13 nitrogen and oxygen atoms in total. The van der Waals surface area contributed by atoms with E-state index in [-0.39, 0.29) is 30.8 Å². The molecular weight excluding hydrogens is 544 g/mol. The molecule has 2 heterocycles. The van der Waals surface area contributed by atoms with E-state index in [4.69, 9.17) is 5.73 Å². The quantitative estimate of drug-likeness (QED) is 0.156. The lowest BCUT2D eigenvalue weighted by Gasteiger charge is -2.28. The van der Waals surface area contributed by atoms with Crippen molar-refractivity contribution < 1.29 is 34.5 Å². The van der Waals surface area contributed by atoms with Crippen molar-refractivity contribution in [1.82, 2.24) is 25.5 Å². The van der Waals surface area contributed by atoms with Crippen molar-refractivity contribution in [3.8, 4) is 11.5 Å². The summed E-state index contributed by atoms with van der Waals surface area (Å²) in [4.78, 5) is 60.3. The van der Waals surface area contributed by atoms with E-state index in [0.29, 0.717) is 36.2 Å². The van der Waals surface area contributed by atoms with E-state index in [1.54, 1.807) is 30.5 Å². The number of rotatable bonds is 12. The highest BCUT2D eigenvalue weighted by atomic mass is 16.4. The van der Waals surface area contributed by atoms with Gasteiger partial charge in [-0.05, 0) is 48.2 Å². The summed E-state index contributed by atoms with van der Waals surface area (Å²) in [5, 5.41) is 34.2. The molecule has 0 spiro atoms. The van der Waals surface area contributed by atoms with Crippen LogP contribution in [-0.4, -0.2) is 84.6 Å². The molecule has 4 rings (SSSR count). The fourth-order valence-electron chi connectivity index (χ4n) is 4.92. The number of carbonyl (C=O) groups excluding carboxylic acids is 3. The van der Waals surface area contributed by atoms with Crippen molar-refractivity contribution in [2.45, 2.75) is 56.3 Å². The average molecular weight is 579 g/mol. The van der Waals surface area contributed by atoms with Gasteiger partial charge in [0.1, 0.15) is 29.6 Å². The molecule has 1 saturated heterocycles. The lowest BCUT2D eigenvalue weighted by atomic mass is 10.0. The highest BCUT2D eigenvalue weighted by molar-refractivity contribution is 5.94. The lowest BCUT2D eigenvalue weighted by Crippen LogP contribution is -2.57. The molecule has 0 radical (unpaired) electrons. The summed E-state index contributed by atoms with van der Waals surface area (Å²) in [6.45, 7) is 0.330. The Hall–Kier alpha value is -4.91. The molecule has 222 valence electrons. The van der Waals surface area contributed by atoms with Crippen LogP contribution in [0.1, 0.15) is 29.7 Å². The van der Waals surface area contributed by atoms with Gasteiger partial charge in [0.05, 0.1) is 12.4 Å². The number of phenols is 2. The number of nitrogens with two attached hydrogens (primary N) is 1. The molecule has 42 heavy (non-hydrogen) atoms. The first-order valence-electron chi connectivity index (χ1n) is 13.5. The SMILES string of the molecule is NC(Cc1cnc[nH]1)C(=O)N1CCCC1C(=O)NC(Cc1ccc(O)cc1)C(=O)NC(Cc1ccc(O)cc1)C(=O)O. The number of aliphatic carboxylic acids is 1. The zero-order valence-corrected chi connectivity index (χ0v) is 22.8. The Bertz CT molecular complexity index is 1380. The van der Waals surface area contributed by atoms with Crippen LogP contribution in [0.3, 0.4) is 0 Å². The minimum absolute atomic E-state index is 0.00338. The maximum Gasteiger partial charge on any atom is 0.326 e. The van der Waals surface area contributed by atoms with E-state index in [1.807, 2.05) is 0 Å². The molecule has 13 heteroatoms. The Morgan fingerprint density at radius 3 is 2.07 bits per heavy atom. The Labute approximate surface area is 241 Å². The van der Waals surface area contributed by atoms with Gasteiger partial charge in [-0.2, -0.15) is 0 Å². The van der Waals surface area contributed by atoms with Crippen molar-refractivity contribution in [3.05, 3.63) is 77.9 Å². The van der Waals surface area contributed by atoms with Gasteiger partial charge in [-0.15, -0.1) is 0 Å². The largest absolute Gasteiger partial charge is 0.508 e. The molecule has 3 amide bonds. The molecule has 3 aromatic rings. The van der Waals surface area contributed by atoms with E-state index in [1.165, 1.54) is 35.5 Å². The molecule has 0 aliphatic carbocycles. The number of H-pyrrole nitrogens is 1. The third kappa shape index (κ3) is 7.85. The fraction of sp³-hybridized carbons (Fsp3) is 0.345. The molecule has 8 N–H and O–H groups in total. The van der Waals surface area contributed by atoms with Crippen LogP contribution < -0.4 is 16.4 Å². The smallest absolute Gasteiger partial charge is 0.326 e. The van der Waals surface area contributed by atoms with Crippen molar-refractivity contribution in [2.24, 2.45) is 5.73 Å². The number of hydrogen-bond donors (Lipinski definition) is 7. The van der Waals surface area contributed by atoms with E-state index in [9.17, 15) is 34.5 Å². The number of phenolic OH excluding ortho intramolecular Hbond substituents is 2. The van der Waals surface area contributed by atoms with Crippen LogP contribution >= 0.6 is 0 Å². The number of aromatic hydroxyl groups is 2. The number of carboxylic acid groups (broad SMARTS) is 1. The molecule has 0 bridgehead atoms. The topological polar surface area (TPSA) is 211 Å². The number of nitrogens with one attached hydrogen (secondary N) is 3. The van der Waals surface area contributed by atoms with E-state index < -0.39 is 47.9 Å². The Kier molecular flexibility index (Phi) is 9.76. The third-order valence-corrected chi connectivity index (χ3v) is 7.15. The van der Waals surface area contributed by atoms with Gasteiger partial charge in [0, 0.05) is 37.7 Å². The zero-order valence-electron chi connectivity index (χ0n) is 22.8. The van der Waals surface area contributed by atoms with Gasteiger partial charge >= 0.3 is 5.97 Å². The molecule has 1 aliphatic rings. The zero-order chi connectivity index (χ0) is 30.2.